The van der Waals surface area contributed by atoms with E-state index in [4.69, 9.17) is 20.3 Å². The fourth-order valence-corrected chi connectivity index (χ4v) is 2.57. The summed E-state index contributed by atoms with van der Waals surface area (Å²) in [5.74, 6) is 0.479. The molecule has 3 N–H and O–H groups in total. The minimum absolute atomic E-state index is 0.300. The molecule has 0 aromatic heterocycles. The van der Waals surface area contributed by atoms with E-state index in [1.54, 1.807) is 19.1 Å². The number of fused-ring (bicyclic) bond motifs is 1. The van der Waals surface area contributed by atoms with Gasteiger partial charge in [-0.05, 0) is 35.7 Å². The molecule has 0 saturated heterocycles. The average Bonchev–Trinajstić information content (AvgIpc) is 2.91. The highest BCUT2D eigenvalue weighted by atomic mass is 16.5. The van der Waals surface area contributed by atoms with Gasteiger partial charge in [-0.25, -0.2) is 4.79 Å². The van der Waals surface area contributed by atoms with Crippen LogP contribution in [0.4, 0.5) is 5.69 Å². The van der Waals surface area contributed by atoms with E-state index in [9.17, 15) is 4.79 Å². The molecule has 3 rings (SSSR count). The average molecular weight is 299 g/mol. The molecule has 0 unspecified atom stereocenters. The molecule has 0 saturated carbocycles. The predicted octanol–water partition coefficient (Wildman–Crippen LogP) is 2.79. The summed E-state index contributed by atoms with van der Waals surface area (Å²) in [5, 5.41) is 9.03. The van der Waals surface area contributed by atoms with Crippen molar-refractivity contribution in [2.75, 3.05) is 12.3 Å². The lowest BCUT2D eigenvalue weighted by Crippen LogP contribution is -2.03. The third-order valence-electron chi connectivity index (χ3n) is 3.74. The van der Waals surface area contributed by atoms with Crippen molar-refractivity contribution in [3.8, 4) is 11.5 Å². The van der Waals surface area contributed by atoms with Gasteiger partial charge in [0.05, 0.1) is 17.9 Å². The highest BCUT2D eigenvalue weighted by Gasteiger charge is 2.15. The third-order valence-corrected chi connectivity index (χ3v) is 3.74. The molecular weight excluding hydrogens is 282 g/mol. The largest absolute Gasteiger partial charge is 0.493 e. The molecule has 0 atom stereocenters. The Hall–Kier alpha value is -2.69. The minimum atomic E-state index is -0.926. The van der Waals surface area contributed by atoms with E-state index >= 15 is 0 Å². The van der Waals surface area contributed by atoms with Crippen LogP contribution in [-0.2, 0) is 13.0 Å². The van der Waals surface area contributed by atoms with E-state index in [0.29, 0.717) is 35.8 Å². The van der Waals surface area contributed by atoms with Gasteiger partial charge in [0, 0.05) is 12.5 Å². The SMILES string of the molecule is Cc1cc(COc2cc3c(cc2N)CCO3)ccc1C(=O)O. The molecule has 0 aliphatic carbocycles. The summed E-state index contributed by atoms with van der Waals surface area (Å²) in [7, 11) is 0. The predicted molar refractivity (Wildman–Crippen MR) is 82.5 cm³/mol. The topological polar surface area (TPSA) is 81.8 Å². The molecule has 0 spiro atoms. The molecular formula is C17H17NO4. The standard InChI is InChI=1S/C17H17NO4/c1-10-6-11(2-3-13(10)17(19)20)9-22-16-8-15-12(4-5-21-15)7-14(16)18/h2-3,6-8H,4-5,9,18H2,1H3,(H,19,20). The number of rotatable bonds is 4. The molecule has 0 fully saturated rings. The fraction of sp³-hybridized carbons (Fsp3) is 0.235. The maximum atomic E-state index is 11.0. The van der Waals surface area contributed by atoms with E-state index in [0.717, 1.165) is 23.3 Å². The van der Waals surface area contributed by atoms with Gasteiger partial charge in [-0.1, -0.05) is 12.1 Å². The number of carboxylic acids is 1. The monoisotopic (exact) mass is 299 g/mol. The van der Waals surface area contributed by atoms with Gasteiger partial charge in [0.1, 0.15) is 18.1 Å². The number of aromatic carboxylic acids is 1. The van der Waals surface area contributed by atoms with Gasteiger partial charge >= 0.3 is 5.97 Å². The molecule has 0 bridgehead atoms. The molecule has 0 amide bonds. The summed E-state index contributed by atoms with van der Waals surface area (Å²) in [6.07, 6.45) is 0.871. The fourth-order valence-electron chi connectivity index (χ4n) is 2.57. The van der Waals surface area contributed by atoms with Crippen LogP contribution in [0.2, 0.25) is 0 Å². The summed E-state index contributed by atoms with van der Waals surface area (Å²) >= 11 is 0. The van der Waals surface area contributed by atoms with E-state index < -0.39 is 5.97 Å². The van der Waals surface area contributed by atoms with Crippen LogP contribution in [-0.4, -0.2) is 17.7 Å². The molecule has 1 heterocycles. The van der Waals surface area contributed by atoms with Crippen LogP contribution in [0.25, 0.3) is 0 Å². The summed E-state index contributed by atoms with van der Waals surface area (Å²) in [6.45, 7) is 2.77. The zero-order valence-electron chi connectivity index (χ0n) is 12.3. The lowest BCUT2D eigenvalue weighted by Gasteiger charge is -2.11. The van der Waals surface area contributed by atoms with Gasteiger partial charge in [0.2, 0.25) is 0 Å². The molecule has 2 aromatic rings. The van der Waals surface area contributed by atoms with Crippen molar-refractivity contribution in [3.05, 3.63) is 52.6 Å². The Morgan fingerprint density at radius 1 is 1.36 bits per heavy atom. The Bertz CT molecular complexity index is 740. The van der Waals surface area contributed by atoms with Gasteiger partial charge in [-0.2, -0.15) is 0 Å². The van der Waals surface area contributed by atoms with Crippen molar-refractivity contribution in [2.24, 2.45) is 0 Å². The van der Waals surface area contributed by atoms with Crippen molar-refractivity contribution in [1.29, 1.82) is 0 Å². The minimum Gasteiger partial charge on any atom is -0.493 e. The Morgan fingerprint density at radius 2 is 2.18 bits per heavy atom. The highest BCUT2D eigenvalue weighted by molar-refractivity contribution is 5.89. The van der Waals surface area contributed by atoms with Crippen LogP contribution in [0.5, 0.6) is 11.5 Å². The summed E-state index contributed by atoms with van der Waals surface area (Å²) in [4.78, 5) is 11.0. The van der Waals surface area contributed by atoms with Crippen molar-refractivity contribution >= 4 is 11.7 Å². The lowest BCUT2D eigenvalue weighted by atomic mass is 10.1. The first-order chi connectivity index (χ1) is 10.5. The van der Waals surface area contributed by atoms with Crippen molar-refractivity contribution in [2.45, 2.75) is 20.0 Å². The molecule has 1 aliphatic rings. The van der Waals surface area contributed by atoms with E-state index in [1.165, 1.54) is 0 Å². The van der Waals surface area contributed by atoms with Crippen LogP contribution >= 0.6 is 0 Å². The number of hydrogen-bond acceptors (Lipinski definition) is 4. The smallest absolute Gasteiger partial charge is 0.335 e. The summed E-state index contributed by atoms with van der Waals surface area (Å²) < 4.78 is 11.3. The van der Waals surface area contributed by atoms with Gasteiger partial charge in [-0.3, -0.25) is 0 Å². The highest BCUT2D eigenvalue weighted by Crippen LogP contribution is 2.34. The van der Waals surface area contributed by atoms with Gasteiger partial charge < -0.3 is 20.3 Å². The molecule has 22 heavy (non-hydrogen) atoms. The molecule has 1 aliphatic heterocycles. The molecule has 114 valence electrons. The van der Waals surface area contributed by atoms with Crippen LogP contribution in [0.3, 0.4) is 0 Å². The maximum Gasteiger partial charge on any atom is 0.335 e. The van der Waals surface area contributed by atoms with E-state index in [1.807, 2.05) is 18.2 Å². The number of carbonyl (C=O) groups is 1. The van der Waals surface area contributed by atoms with Crippen LogP contribution < -0.4 is 15.2 Å². The maximum absolute atomic E-state index is 11.0. The normalized spacial score (nSPS) is 12.6. The second-order valence-corrected chi connectivity index (χ2v) is 5.34. The van der Waals surface area contributed by atoms with E-state index in [2.05, 4.69) is 0 Å². The number of anilines is 1. The number of nitrogen functional groups attached to an aromatic ring is 1. The number of nitrogens with two attached hydrogens (primary N) is 1. The Balaban J connectivity index is 1.75. The van der Waals surface area contributed by atoms with Gasteiger partial charge in [0.25, 0.3) is 0 Å². The molecule has 0 radical (unpaired) electrons. The molecule has 5 heteroatoms. The van der Waals surface area contributed by atoms with Crippen LogP contribution in [0.15, 0.2) is 30.3 Å². The number of benzene rings is 2. The first kappa shape index (κ1) is 14.3. The summed E-state index contributed by atoms with van der Waals surface area (Å²) in [5.41, 5.74) is 9.58. The lowest BCUT2D eigenvalue weighted by molar-refractivity contribution is 0.0696. The first-order valence-corrected chi connectivity index (χ1v) is 7.05. The molecule has 2 aromatic carbocycles. The zero-order chi connectivity index (χ0) is 15.7. The number of aryl methyl sites for hydroxylation is 1. The zero-order valence-corrected chi connectivity index (χ0v) is 12.3. The molecule has 5 nitrogen and oxygen atoms in total. The van der Waals surface area contributed by atoms with Gasteiger partial charge in [-0.15, -0.1) is 0 Å². The summed E-state index contributed by atoms with van der Waals surface area (Å²) in [6, 6.07) is 8.85. The number of carboxylic acid groups (broad SMARTS) is 1. The van der Waals surface area contributed by atoms with Crippen LogP contribution in [0.1, 0.15) is 27.0 Å². The second kappa shape index (κ2) is 5.60. The Morgan fingerprint density at radius 3 is 2.91 bits per heavy atom. The van der Waals surface area contributed by atoms with E-state index in [-0.39, 0.29) is 0 Å². The van der Waals surface area contributed by atoms with Crippen molar-refractivity contribution in [1.82, 2.24) is 0 Å². The van der Waals surface area contributed by atoms with Crippen molar-refractivity contribution < 1.29 is 19.4 Å². The van der Waals surface area contributed by atoms with Gasteiger partial charge in [0.15, 0.2) is 0 Å². The Labute approximate surface area is 128 Å². The quantitative estimate of drug-likeness (QED) is 0.848. The number of ether oxygens (including phenoxy) is 2. The number of hydrogen-bond donors (Lipinski definition) is 2. The Kier molecular flexibility index (Phi) is 3.63. The van der Waals surface area contributed by atoms with Crippen molar-refractivity contribution in [3.63, 3.8) is 0 Å². The van der Waals surface area contributed by atoms with Crippen LogP contribution in [0, 0.1) is 6.92 Å². The first-order valence-electron chi connectivity index (χ1n) is 7.05. The third kappa shape index (κ3) is 2.70. The second-order valence-electron chi connectivity index (χ2n) is 5.34.